The number of nitrogens with zero attached hydrogens (tertiary/aromatic N) is 3. The SMILES string of the molecule is C=CC1CCN(Cc2cc3c(c4ncccc24)C(C)N(C2CCOCC2O)C3=O)CC1. The number of carbonyl (C=O) groups is 1. The Morgan fingerprint density at radius 3 is 2.87 bits per heavy atom. The lowest BCUT2D eigenvalue weighted by molar-refractivity contribution is -0.0623. The first-order chi connectivity index (χ1) is 15.1. The van der Waals surface area contributed by atoms with Gasteiger partial charge in [0.15, 0.2) is 0 Å². The largest absolute Gasteiger partial charge is 0.389 e. The Labute approximate surface area is 183 Å². The minimum absolute atomic E-state index is 0.00705. The maximum Gasteiger partial charge on any atom is 0.255 e. The fourth-order valence-electron chi connectivity index (χ4n) is 5.58. The van der Waals surface area contributed by atoms with E-state index in [1.807, 2.05) is 17.2 Å². The molecule has 1 amide bonds. The molecule has 2 aromatic rings. The van der Waals surface area contributed by atoms with Crippen LogP contribution in [0.25, 0.3) is 10.9 Å². The molecule has 0 radical (unpaired) electrons. The monoisotopic (exact) mass is 421 g/mol. The normalized spacial score (nSPS) is 27.6. The Hall–Kier alpha value is -2.28. The summed E-state index contributed by atoms with van der Waals surface area (Å²) in [6.45, 7) is 9.75. The second kappa shape index (κ2) is 8.34. The number of piperidine rings is 1. The molecule has 3 aliphatic rings. The van der Waals surface area contributed by atoms with Crippen LogP contribution in [0.1, 0.15) is 53.7 Å². The van der Waals surface area contributed by atoms with Gasteiger partial charge in [0.05, 0.1) is 30.3 Å². The van der Waals surface area contributed by atoms with Gasteiger partial charge in [-0.15, -0.1) is 6.58 Å². The molecule has 3 unspecified atom stereocenters. The molecular formula is C25H31N3O3. The van der Waals surface area contributed by atoms with Gasteiger partial charge < -0.3 is 14.7 Å². The van der Waals surface area contributed by atoms with Gasteiger partial charge in [-0.05, 0) is 62.9 Å². The number of pyridine rings is 1. The fraction of sp³-hybridized carbons (Fsp3) is 0.520. The molecule has 5 rings (SSSR count). The van der Waals surface area contributed by atoms with E-state index >= 15 is 0 Å². The molecule has 1 aromatic heterocycles. The zero-order chi connectivity index (χ0) is 21.5. The Morgan fingerprint density at radius 2 is 2.13 bits per heavy atom. The first kappa shape index (κ1) is 20.6. The lowest BCUT2D eigenvalue weighted by Gasteiger charge is -2.37. The van der Waals surface area contributed by atoms with E-state index in [4.69, 9.17) is 9.72 Å². The first-order valence-corrected chi connectivity index (χ1v) is 11.4. The summed E-state index contributed by atoms with van der Waals surface area (Å²) in [7, 11) is 0. The van der Waals surface area contributed by atoms with Crippen molar-refractivity contribution in [2.75, 3.05) is 26.3 Å². The highest BCUT2D eigenvalue weighted by atomic mass is 16.5. The number of hydrogen-bond acceptors (Lipinski definition) is 5. The van der Waals surface area contributed by atoms with Gasteiger partial charge >= 0.3 is 0 Å². The highest BCUT2D eigenvalue weighted by Crippen LogP contribution is 2.42. The molecule has 3 atom stereocenters. The van der Waals surface area contributed by atoms with Crippen molar-refractivity contribution in [2.24, 2.45) is 5.92 Å². The Kier molecular flexibility index (Phi) is 5.54. The van der Waals surface area contributed by atoms with Crippen molar-refractivity contribution in [1.82, 2.24) is 14.8 Å². The van der Waals surface area contributed by atoms with E-state index in [9.17, 15) is 9.90 Å². The molecule has 6 heteroatoms. The predicted octanol–water partition coefficient (Wildman–Crippen LogP) is 3.30. The number of aromatic nitrogens is 1. The van der Waals surface area contributed by atoms with E-state index in [2.05, 4.69) is 36.6 Å². The van der Waals surface area contributed by atoms with Gasteiger partial charge in [0.1, 0.15) is 0 Å². The van der Waals surface area contributed by atoms with E-state index in [0.29, 0.717) is 18.9 Å². The summed E-state index contributed by atoms with van der Waals surface area (Å²) in [6, 6.07) is 5.85. The summed E-state index contributed by atoms with van der Waals surface area (Å²) in [5.74, 6) is 0.615. The quantitative estimate of drug-likeness (QED) is 0.768. The van der Waals surface area contributed by atoms with E-state index in [1.54, 1.807) is 0 Å². The molecule has 0 bridgehead atoms. The van der Waals surface area contributed by atoms with Crippen LogP contribution >= 0.6 is 0 Å². The number of amides is 1. The molecule has 3 aliphatic heterocycles. The van der Waals surface area contributed by atoms with Crippen LogP contribution in [0.5, 0.6) is 0 Å². The summed E-state index contributed by atoms with van der Waals surface area (Å²) in [5, 5.41) is 11.6. The minimum atomic E-state index is -0.653. The van der Waals surface area contributed by atoms with Gasteiger partial charge in [-0.2, -0.15) is 0 Å². The third kappa shape index (κ3) is 3.56. The van der Waals surface area contributed by atoms with Crippen molar-refractivity contribution in [3.05, 3.63) is 53.7 Å². The minimum Gasteiger partial charge on any atom is -0.389 e. The maximum atomic E-state index is 13.5. The molecule has 1 N–H and O–H groups in total. The summed E-state index contributed by atoms with van der Waals surface area (Å²) < 4.78 is 5.40. The summed E-state index contributed by atoms with van der Waals surface area (Å²) in [5.41, 5.74) is 3.82. The van der Waals surface area contributed by atoms with Crippen LogP contribution in [0, 0.1) is 5.92 Å². The predicted molar refractivity (Wildman–Crippen MR) is 120 cm³/mol. The van der Waals surface area contributed by atoms with Crippen LogP contribution in [0.3, 0.4) is 0 Å². The number of benzene rings is 1. The number of likely N-dealkylation sites (tertiary alicyclic amines) is 1. The second-order valence-electron chi connectivity index (χ2n) is 9.13. The molecule has 0 spiro atoms. The highest BCUT2D eigenvalue weighted by molar-refractivity contribution is 6.05. The Morgan fingerprint density at radius 1 is 1.32 bits per heavy atom. The van der Waals surface area contributed by atoms with Gasteiger partial charge in [-0.3, -0.25) is 14.7 Å². The number of aliphatic hydroxyl groups is 1. The summed E-state index contributed by atoms with van der Waals surface area (Å²) in [4.78, 5) is 22.6. The number of ether oxygens (including phenoxy) is 1. The number of allylic oxidation sites excluding steroid dienone is 1. The molecule has 164 valence electrons. The first-order valence-electron chi connectivity index (χ1n) is 11.4. The third-order valence-electron chi connectivity index (χ3n) is 7.33. The van der Waals surface area contributed by atoms with Crippen LogP contribution in [-0.2, 0) is 11.3 Å². The molecule has 1 aromatic carbocycles. The second-order valence-corrected chi connectivity index (χ2v) is 9.13. The van der Waals surface area contributed by atoms with Gasteiger partial charge in [0.2, 0.25) is 0 Å². The van der Waals surface area contributed by atoms with Crippen molar-refractivity contribution in [1.29, 1.82) is 0 Å². The molecule has 31 heavy (non-hydrogen) atoms. The van der Waals surface area contributed by atoms with Gasteiger partial charge in [-0.1, -0.05) is 12.1 Å². The van der Waals surface area contributed by atoms with Crippen LogP contribution in [0.15, 0.2) is 37.1 Å². The molecule has 2 saturated heterocycles. The van der Waals surface area contributed by atoms with Gasteiger partial charge in [0, 0.05) is 35.9 Å². The Balaban J connectivity index is 1.51. The van der Waals surface area contributed by atoms with Crippen molar-refractivity contribution >= 4 is 16.8 Å². The molecule has 0 saturated carbocycles. The third-order valence-corrected chi connectivity index (χ3v) is 7.33. The lowest BCUT2D eigenvalue weighted by Crippen LogP contribution is -2.50. The van der Waals surface area contributed by atoms with Gasteiger partial charge in [-0.25, -0.2) is 0 Å². The van der Waals surface area contributed by atoms with Crippen LogP contribution < -0.4 is 0 Å². The van der Waals surface area contributed by atoms with E-state index < -0.39 is 6.10 Å². The number of fused-ring (bicyclic) bond motifs is 3. The average Bonchev–Trinajstić information content (AvgIpc) is 3.05. The zero-order valence-electron chi connectivity index (χ0n) is 18.2. The summed E-state index contributed by atoms with van der Waals surface area (Å²) in [6.07, 6.45) is 6.16. The van der Waals surface area contributed by atoms with E-state index in [0.717, 1.165) is 60.1 Å². The zero-order valence-corrected chi connectivity index (χ0v) is 18.2. The molecule has 2 fully saturated rings. The van der Waals surface area contributed by atoms with Crippen molar-refractivity contribution < 1.29 is 14.6 Å². The Bertz CT molecular complexity index is 999. The average molecular weight is 422 g/mol. The summed E-state index contributed by atoms with van der Waals surface area (Å²) >= 11 is 0. The molecule has 4 heterocycles. The number of rotatable bonds is 4. The molecule has 6 nitrogen and oxygen atoms in total. The van der Waals surface area contributed by atoms with Crippen molar-refractivity contribution in [3.63, 3.8) is 0 Å². The number of hydrogen-bond donors (Lipinski definition) is 1. The van der Waals surface area contributed by atoms with E-state index in [-0.39, 0.29) is 24.6 Å². The molecule has 0 aliphatic carbocycles. The van der Waals surface area contributed by atoms with Crippen molar-refractivity contribution in [3.8, 4) is 0 Å². The number of carbonyl (C=O) groups excluding carboxylic acids is 1. The topological polar surface area (TPSA) is 65.9 Å². The smallest absolute Gasteiger partial charge is 0.255 e. The van der Waals surface area contributed by atoms with Crippen molar-refractivity contribution in [2.45, 2.75) is 50.9 Å². The maximum absolute atomic E-state index is 13.5. The highest BCUT2D eigenvalue weighted by Gasteiger charge is 2.43. The number of aliphatic hydroxyl groups excluding tert-OH is 1. The van der Waals surface area contributed by atoms with E-state index in [1.165, 1.54) is 0 Å². The lowest BCUT2D eigenvalue weighted by atomic mass is 9.94. The fourth-order valence-corrected chi connectivity index (χ4v) is 5.58. The van der Waals surface area contributed by atoms with Crippen LogP contribution in [0.4, 0.5) is 0 Å². The van der Waals surface area contributed by atoms with Crippen LogP contribution in [-0.4, -0.2) is 64.2 Å². The van der Waals surface area contributed by atoms with Gasteiger partial charge in [0.25, 0.3) is 5.91 Å². The standard InChI is InChI=1S/C25H31N3O3/c1-3-17-6-10-27(11-7-17)14-18-13-20-23(24-19(18)5-4-9-26-24)16(2)28(25(20)30)21-8-12-31-15-22(21)29/h3-5,9,13,16-17,21-22,29H,1,6-8,10-12,14-15H2,2H3. The van der Waals surface area contributed by atoms with Crippen LogP contribution in [0.2, 0.25) is 0 Å². The molecular weight excluding hydrogens is 390 g/mol.